The van der Waals surface area contributed by atoms with Gasteiger partial charge < -0.3 is 10.2 Å². The van der Waals surface area contributed by atoms with Crippen LogP contribution in [0.15, 0.2) is 57.9 Å². The van der Waals surface area contributed by atoms with Gasteiger partial charge in [0.15, 0.2) is 11.5 Å². The van der Waals surface area contributed by atoms with Crippen molar-refractivity contribution in [1.29, 1.82) is 0 Å². The maximum absolute atomic E-state index is 9.62. The van der Waals surface area contributed by atoms with Gasteiger partial charge in [-0.05, 0) is 37.6 Å². The molecule has 0 amide bonds. The summed E-state index contributed by atoms with van der Waals surface area (Å²) in [7, 11) is 0. The van der Waals surface area contributed by atoms with Crippen LogP contribution in [0, 0.1) is 6.92 Å². The highest BCUT2D eigenvalue weighted by atomic mass is 32.1. The Morgan fingerprint density at radius 3 is 2.52 bits per heavy atom. The zero-order valence-corrected chi connectivity index (χ0v) is 14.9. The lowest BCUT2D eigenvalue weighted by molar-refractivity contribution is 0.403. The van der Waals surface area contributed by atoms with Gasteiger partial charge in [0.05, 0.1) is 11.9 Å². The third-order valence-electron chi connectivity index (χ3n) is 3.65. The van der Waals surface area contributed by atoms with Crippen molar-refractivity contribution in [2.75, 3.05) is 6.54 Å². The van der Waals surface area contributed by atoms with Gasteiger partial charge in [0.25, 0.3) is 0 Å². The standard InChI is InChI=1S/C19H19N3O2S/c1-3-20-19-22(21-11-14-6-9-17(23)18(24)10-14)16(12-25-19)15-7-4-13(2)5-8-15/h4-12,23-24H,3H2,1-2H3. The molecule has 0 atom stereocenters. The lowest BCUT2D eigenvalue weighted by atomic mass is 10.1. The molecule has 2 N–H and O–H groups in total. The average molecular weight is 353 g/mol. The first-order valence-corrected chi connectivity index (χ1v) is 8.81. The largest absolute Gasteiger partial charge is 0.504 e. The molecule has 128 valence electrons. The molecule has 0 aliphatic rings. The molecule has 3 rings (SSSR count). The molecule has 0 saturated carbocycles. The molecule has 0 spiro atoms. The molecule has 0 radical (unpaired) electrons. The number of nitrogens with zero attached hydrogens (tertiary/aromatic N) is 3. The average Bonchev–Trinajstić information content (AvgIpc) is 3.00. The van der Waals surface area contributed by atoms with Crippen molar-refractivity contribution in [3.8, 4) is 22.8 Å². The molecule has 0 aliphatic carbocycles. The molecule has 3 aromatic rings. The molecule has 0 fully saturated rings. The van der Waals surface area contributed by atoms with Crippen molar-refractivity contribution < 1.29 is 10.2 Å². The van der Waals surface area contributed by atoms with Gasteiger partial charge in [0, 0.05) is 17.5 Å². The number of hydrogen-bond donors (Lipinski definition) is 2. The summed E-state index contributed by atoms with van der Waals surface area (Å²) < 4.78 is 1.79. The van der Waals surface area contributed by atoms with Crippen molar-refractivity contribution in [2.24, 2.45) is 10.1 Å². The van der Waals surface area contributed by atoms with E-state index in [1.54, 1.807) is 17.0 Å². The van der Waals surface area contributed by atoms with E-state index in [0.29, 0.717) is 12.1 Å². The number of phenolic OH excluding ortho intramolecular Hbond substituents is 2. The summed E-state index contributed by atoms with van der Waals surface area (Å²) in [5.74, 6) is -0.321. The van der Waals surface area contributed by atoms with Crippen molar-refractivity contribution in [3.63, 3.8) is 0 Å². The first-order valence-electron chi connectivity index (χ1n) is 7.93. The fraction of sp³-hybridized carbons (Fsp3) is 0.158. The zero-order chi connectivity index (χ0) is 17.8. The molecule has 0 aliphatic heterocycles. The molecular formula is C19H19N3O2S. The van der Waals surface area contributed by atoms with Gasteiger partial charge in [-0.15, -0.1) is 11.3 Å². The summed E-state index contributed by atoms with van der Waals surface area (Å²) in [4.78, 5) is 5.30. The van der Waals surface area contributed by atoms with E-state index in [-0.39, 0.29) is 11.5 Å². The summed E-state index contributed by atoms with van der Waals surface area (Å²) >= 11 is 1.53. The van der Waals surface area contributed by atoms with Crippen LogP contribution >= 0.6 is 11.3 Å². The third-order valence-corrected chi connectivity index (χ3v) is 4.50. The van der Waals surface area contributed by atoms with Gasteiger partial charge in [-0.2, -0.15) is 5.10 Å². The van der Waals surface area contributed by atoms with Gasteiger partial charge >= 0.3 is 0 Å². The van der Waals surface area contributed by atoms with E-state index in [4.69, 9.17) is 0 Å². The normalized spacial score (nSPS) is 12.2. The van der Waals surface area contributed by atoms with E-state index in [2.05, 4.69) is 41.3 Å². The monoisotopic (exact) mass is 353 g/mol. The number of aromatic hydroxyl groups is 2. The van der Waals surface area contributed by atoms with Crippen LogP contribution in [-0.4, -0.2) is 27.6 Å². The summed E-state index contributed by atoms with van der Waals surface area (Å²) in [5, 5.41) is 25.6. The molecule has 2 aromatic carbocycles. The summed E-state index contributed by atoms with van der Waals surface area (Å²) in [5.41, 5.74) is 3.90. The Hall–Kier alpha value is -2.86. The molecule has 0 unspecified atom stereocenters. The first-order chi connectivity index (χ1) is 12.1. The zero-order valence-electron chi connectivity index (χ0n) is 14.0. The highest BCUT2D eigenvalue weighted by molar-refractivity contribution is 7.07. The smallest absolute Gasteiger partial charge is 0.206 e. The third kappa shape index (κ3) is 3.80. The lowest BCUT2D eigenvalue weighted by Gasteiger charge is -2.04. The molecule has 0 bridgehead atoms. The quantitative estimate of drug-likeness (QED) is 0.554. The molecule has 0 saturated heterocycles. The van der Waals surface area contributed by atoms with Crippen LogP contribution < -0.4 is 4.80 Å². The number of aromatic nitrogens is 1. The molecule has 1 aromatic heterocycles. The Labute approximate surface area is 149 Å². The first kappa shape index (κ1) is 17.0. The van der Waals surface area contributed by atoms with Gasteiger partial charge in [0.1, 0.15) is 0 Å². The molecule has 6 heteroatoms. The Morgan fingerprint density at radius 2 is 1.84 bits per heavy atom. The van der Waals surface area contributed by atoms with Crippen LogP contribution in [-0.2, 0) is 0 Å². The second-order valence-corrected chi connectivity index (χ2v) is 6.38. The van der Waals surface area contributed by atoms with Crippen LogP contribution in [0.5, 0.6) is 11.5 Å². The Balaban J connectivity index is 2.05. The fourth-order valence-corrected chi connectivity index (χ4v) is 3.22. The van der Waals surface area contributed by atoms with Crippen LogP contribution in [0.2, 0.25) is 0 Å². The number of hydrogen-bond acceptors (Lipinski definition) is 5. The molecule has 1 heterocycles. The van der Waals surface area contributed by atoms with E-state index in [0.717, 1.165) is 16.1 Å². The topological polar surface area (TPSA) is 70.1 Å². The van der Waals surface area contributed by atoms with E-state index >= 15 is 0 Å². The van der Waals surface area contributed by atoms with E-state index < -0.39 is 0 Å². The summed E-state index contributed by atoms with van der Waals surface area (Å²) in [6, 6.07) is 12.8. The molecule has 5 nitrogen and oxygen atoms in total. The van der Waals surface area contributed by atoms with Crippen LogP contribution in [0.4, 0.5) is 0 Å². The Bertz CT molecular complexity index is 969. The van der Waals surface area contributed by atoms with Crippen molar-refractivity contribution in [3.05, 3.63) is 63.8 Å². The minimum atomic E-state index is -0.170. The molecular weight excluding hydrogens is 334 g/mol. The number of phenols is 2. The van der Waals surface area contributed by atoms with Crippen LogP contribution in [0.1, 0.15) is 18.1 Å². The van der Waals surface area contributed by atoms with E-state index in [1.807, 2.05) is 12.3 Å². The van der Waals surface area contributed by atoms with Gasteiger partial charge in [-0.25, -0.2) is 4.68 Å². The van der Waals surface area contributed by atoms with Gasteiger partial charge in [-0.1, -0.05) is 29.8 Å². The van der Waals surface area contributed by atoms with Crippen molar-refractivity contribution >= 4 is 17.6 Å². The van der Waals surface area contributed by atoms with Crippen LogP contribution in [0.25, 0.3) is 11.3 Å². The van der Waals surface area contributed by atoms with Gasteiger partial charge in [-0.3, -0.25) is 4.99 Å². The SMILES string of the molecule is CCN=c1scc(-c2ccc(C)cc2)n1N=Cc1ccc(O)c(O)c1. The Kier molecular flexibility index (Phi) is 5.00. The second kappa shape index (κ2) is 7.36. The number of benzene rings is 2. The summed E-state index contributed by atoms with van der Waals surface area (Å²) in [6.45, 7) is 4.71. The van der Waals surface area contributed by atoms with E-state index in [1.165, 1.54) is 29.0 Å². The van der Waals surface area contributed by atoms with E-state index in [9.17, 15) is 10.2 Å². The number of thiazole rings is 1. The molecule has 25 heavy (non-hydrogen) atoms. The Morgan fingerprint density at radius 1 is 1.08 bits per heavy atom. The predicted octanol–water partition coefficient (Wildman–Crippen LogP) is 3.74. The lowest BCUT2D eigenvalue weighted by Crippen LogP contribution is -2.12. The summed E-state index contributed by atoms with van der Waals surface area (Å²) in [6.07, 6.45) is 1.64. The number of aryl methyl sites for hydroxylation is 1. The van der Waals surface area contributed by atoms with Gasteiger partial charge in [0.2, 0.25) is 4.80 Å². The highest BCUT2D eigenvalue weighted by Gasteiger charge is 2.07. The number of rotatable bonds is 4. The predicted molar refractivity (Wildman–Crippen MR) is 101 cm³/mol. The van der Waals surface area contributed by atoms with Crippen LogP contribution in [0.3, 0.4) is 0 Å². The fourth-order valence-electron chi connectivity index (χ4n) is 2.32. The maximum Gasteiger partial charge on any atom is 0.206 e. The highest BCUT2D eigenvalue weighted by Crippen LogP contribution is 2.24. The van der Waals surface area contributed by atoms with Crippen molar-refractivity contribution in [1.82, 2.24) is 4.68 Å². The second-order valence-electron chi connectivity index (χ2n) is 5.55. The minimum Gasteiger partial charge on any atom is -0.504 e. The van der Waals surface area contributed by atoms with Crippen molar-refractivity contribution in [2.45, 2.75) is 13.8 Å². The maximum atomic E-state index is 9.62. The minimum absolute atomic E-state index is 0.151.